The number of ketones is 1. The number of Topliss-reactive ketones (excluding diaryl/α,β-unsaturated/α-hetero) is 1. The zero-order valence-electron chi connectivity index (χ0n) is 13.0. The van der Waals surface area contributed by atoms with Crippen LogP contribution in [0.2, 0.25) is 0 Å². The fourth-order valence-electron chi connectivity index (χ4n) is 2.89. The van der Waals surface area contributed by atoms with Crippen molar-refractivity contribution in [3.05, 3.63) is 53.6 Å². The molecule has 0 saturated carbocycles. The Morgan fingerprint density at radius 3 is 2.29 bits per heavy atom. The van der Waals surface area contributed by atoms with Gasteiger partial charge in [-0.15, -0.1) is 0 Å². The molecule has 0 unspecified atom stereocenters. The van der Waals surface area contributed by atoms with Crippen molar-refractivity contribution in [2.75, 3.05) is 7.11 Å². The Hall–Kier alpha value is -2.76. The summed E-state index contributed by atoms with van der Waals surface area (Å²) in [6, 6.07) is 11.2. The molecule has 3 rings (SSSR count). The first-order chi connectivity index (χ1) is 11.3. The van der Waals surface area contributed by atoms with E-state index in [2.05, 4.69) is 4.98 Å². The van der Waals surface area contributed by atoms with E-state index in [4.69, 9.17) is 4.74 Å². The molecule has 3 aromatic rings. The van der Waals surface area contributed by atoms with E-state index in [0.717, 1.165) is 0 Å². The van der Waals surface area contributed by atoms with E-state index in [-0.39, 0.29) is 27.9 Å². The largest absolute Gasteiger partial charge is 0.496 e. The van der Waals surface area contributed by atoms with Gasteiger partial charge in [-0.25, -0.2) is 0 Å². The number of ether oxygens (including phenoxy) is 1. The molecule has 0 amide bonds. The average Bonchev–Trinajstić information content (AvgIpc) is 2.93. The van der Waals surface area contributed by atoms with Crippen LogP contribution in [0, 0.1) is 0 Å². The number of alkyl halides is 3. The van der Waals surface area contributed by atoms with Gasteiger partial charge in [0.25, 0.3) is 0 Å². The van der Waals surface area contributed by atoms with Crippen molar-refractivity contribution in [2.45, 2.75) is 13.1 Å². The van der Waals surface area contributed by atoms with Crippen LogP contribution in [0.25, 0.3) is 22.2 Å². The van der Waals surface area contributed by atoms with Crippen molar-refractivity contribution in [1.82, 2.24) is 4.98 Å². The molecule has 1 aromatic heterocycles. The van der Waals surface area contributed by atoms with Gasteiger partial charge in [0.15, 0.2) is 5.78 Å². The van der Waals surface area contributed by atoms with Gasteiger partial charge in [0.2, 0.25) is 0 Å². The molecule has 1 heterocycles. The monoisotopic (exact) mass is 333 g/mol. The summed E-state index contributed by atoms with van der Waals surface area (Å²) in [6.45, 7) is 1.23. The molecular formula is C18H14F3NO2. The first-order valence-electron chi connectivity index (χ1n) is 7.20. The SMILES string of the molecule is COc1ccc2[nH]c(-c3ccccc3)c(C(F)(F)F)c2c1C(C)=O. The molecule has 24 heavy (non-hydrogen) atoms. The second-order valence-corrected chi connectivity index (χ2v) is 5.36. The maximum atomic E-state index is 13.8. The summed E-state index contributed by atoms with van der Waals surface area (Å²) >= 11 is 0. The van der Waals surface area contributed by atoms with E-state index in [0.29, 0.717) is 5.56 Å². The second kappa shape index (κ2) is 5.70. The van der Waals surface area contributed by atoms with Gasteiger partial charge in [-0.3, -0.25) is 4.79 Å². The minimum Gasteiger partial charge on any atom is -0.496 e. The van der Waals surface area contributed by atoms with Crippen LogP contribution in [0.15, 0.2) is 42.5 Å². The van der Waals surface area contributed by atoms with Crippen molar-refractivity contribution < 1.29 is 22.7 Å². The fourth-order valence-corrected chi connectivity index (χ4v) is 2.89. The number of aromatic amines is 1. The number of benzene rings is 2. The van der Waals surface area contributed by atoms with Gasteiger partial charge in [0.1, 0.15) is 5.75 Å². The molecule has 0 radical (unpaired) electrons. The van der Waals surface area contributed by atoms with Crippen LogP contribution in [0.5, 0.6) is 5.75 Å². The van der Waals surface area contributed by atoms with Crippen molar-refractivity contribution in [3.63, 3.8) is 0 Å². The number of hydrogen-bond donors (Lipinski definition) is 1. The highest BCUT2D eigenvalue weighted by molar-refractivity contribution is 6.11. The maximum Gasteiger partial charge on any atom is 0.419 e. The molecule has 0 saturated heterocycles. The first-order valence-corrected chi connectivity index (χ1v) is 7.20. The number of rotatable bonds is 3. The second-order valence-electron chi connectivity index (χ2n) is 5.36. The Labute approximate surface area is 136 Å². The minimum absolute atomic E-state index is 0.0612. The Morgan fingerprint density at radius 2 is 1.75 bits per heavy atom. The summed E-state index contributed by atoms with van der Waals surface area (Å²) in [5, 5.41) is -0.159. The predicted molar refractivity (Wildman–Crippen MR) is 85.3 cm³/mol. The highest BCUT2D eigenvalue weighted by Crippen LogP contribution is 2.44. The van der Waals surface area contributed by atoms with Gasteiger partial charge in [0, 0.05) is 10.9 Å². The summed E-state index contributed by atoms with van der Waals surface area (Å²) in [4.78, 5) is 14.8. The minimum atomic E-state index is -4.63. The van der Waals surface area contributed by atoms with E-state index >= 15 is 0 Å². The summed E-state index contributed by atoms with van der Waals surface area (Å²) < 4.78 is 46.5. The molecule has 0 aliphatic heterocycles. The third-order valence-corrected chi connectivity index (χ3v) is 3.84. The Balaban J connectivity index is 2.48. The molecule has 0 bridgehead atoms. The van der Waals surface area contributed by atoms with Crippen LogP contribution in [0.3, 0.4) is 0 Å². The third kappa shape index (κ3) is 2.54. The summed E-state index contributed by atoms with van der Waals surface area (Å²) in [7, 11) is 1.33. The van der Waals surface area contributed by atoms with Crippen LogP contribution in [0.4, 0.5) is 13.2 Å². The lowest BCUT2D eigenvalue weighted by Crippen LogP contribution is -2.08. The quantitative estimate of drug-likeness (QED) is 0.680. The van der Waals surface area contributed by atoms with Crippen LogP contribution in [-0.2, 0) is 6.18 Å². The molecule has 0 fully saturated rings. The molecular weight excluding hydrogens is 319 g/mol. The van der Waals surface area contributed by atoms with Gasteiger partial charge in [0.05, 0.1) is 23.9 Å². The third-order valence-electron chi connectivity index (χ3n) is 3.84. The molecule has 0 aliphatic carbocycles. The maximum absolute atomic E-state index is 13.8. The van der Waals surface area contributed by atoms with E-state index in [1.54, 1.807) is 30.3 Å². The topological polar surface area (TPSA) is 42.1 Å². The summed E-state index contributed by atoms with van der Waals surface area (Å²) in [5.74, 6) is -0.360. The zero-order valence-corrected chi connectivity index (χ0v) is 13.0. The van der Waals surface area contributed by atoms with Crippen molar-refractivity contribution in [1.29, 1.82) is 0 Å². The molecule has 124 valence electrons. The number of fused-ring (bicyclic) bond motifs is 1. The molecule has 6 heteroatoms. The van der Waals surface area contributed by atoms with Gasteiger partial charge in [-0.05, 0) is 24.6 Å². The van der Waals surface area contributed by atoms with E-state index < -0.39 is 17.5 Å². The lowest BCUT2D eigenvalue weighted by molar-refractivity contribution is -0.135. The van der Waals surface area contributed by atoms with E-state index in [9.17, 15) is 18.0 Å². The normalized spacial score (nSPS) is 11.7. The molecule has 1 N–H and O–H groups in total. The molecule has 0 spiro atoms. The number of aromatic nitrogens is 1. The van der Waals surface area contributed by atoms with E-state index in [1.165, 1.54) is 26.2 Å². The lowest BCUT2D eigenvalue weighted by Gasteiger charge is -2.12. The zero-order chi connectivity index (χ0) is 17.5. The summed E-state index contributed by atoms with van der Waals surface area (Å²) in [5.41, 5.74) is -0.343. The van der Waals surface area contributed by atoms with Crippen LogP contribution in [-0.4, -0.2) is 17.9 Å². The van der Waals surface area contributed by atoms with Gasteiger partial charge in [-0.2, -0.15) is 13.2 Å². The average molecular weight is 333 g/mol. The Kier molecular flexibility index (Phi) is 3.83. The van der Waals surface area contributed by atoms with Crippen LogP contribution < -0.4 is 4.74 Å². The molecule has 0 atom stereocenters. The molecule has 3 nitrogen and oxygen atoms in total. The highest BCUT2D eigenvalue weighted by atomic mass is 19.4. The van der Waals surface area contributed by atoms with Crippen LogP contribution >= 0.6 is 0 Å². The van der Waals surface area contributed by atoms with Crippen molar-refractivity contribution in [2.24, 2.45) is 0 Å². The number of carbonyl (C=O) groups is 1. The van der Waals surface area contributed by atoms with E-state index in [1.807, 2.05) is 0 Å². The first kappa shape index (κ1) is 16.1. The molecule has 0 aliphatic rings. The highest BCUT2D eigenvalue weighted by Gasteiger charge is 2.39. The summed E-state index contributed by atoms with van der Waals surface area (Å²) in [6.07, 6.45) is -4.63. The van der Waals surface area contributed by atoms with Gasteiger partial charge >= 0.3 is 6.18 Å². The number of carbonyl (C=O) groups excluding carboxylic acids is 1. The van der Waals surface area contributed by atoms with Gasteiger partial charge in [-0.1, -0.05) is 30.3 Å². The standard InChI is InChI=1S/C18H14F3NO2/c1-10(23)14-13(24-2)9-8-12-15(14)16(18(19,20)21)17(22-12)11-6-4-3-5-7-11/h3-9,22H,1-2H3. The lowest BCUT2D eigenvalue weighted by atomic mass is 9.98. The van der Waals surface area contributed by atoms with Crippen molar-refractivity contribution in [3.8, 4) is 17.0 Å². The Bertz CT molecular complexity index is 911. The molecule has 2 aromatic carbocycles. The van der Waals surface area contributed by atoms with Gasteiger partial charge < -0.3 is 9.72 Å². The number of halogens is 3. The number of nitrogens with one attached hydrogen (secondary N) is 1. The number of hydrogen-bond acceptors (Lipinski definition) is 2. The number of methoxy groups -OCH3 is 1. The Morgan fingerprint density at radius 1 is 1.08 bits per heavy atom. The van der Waals surface area contributed by atoms with Crippen LogP contribution in [0.1, 0.15) is 22.8 Å². The predicted octanol–water partition coefficient (Wildman–Crippen LogP) is 5.06. The smallest absolute Gasteiger partial charge is 0.419 e. The fraction of sp³-hybridized carbons (Fsp3) is 0.167. The van der Waals surface area contributed by atoms with Crippen molar-refractivity contribution >= 4 is 16.7 Å². The number of H-pyrrole nitrogens is 1.